The van der Waals surface area contributed by atoms with Gasteiger partial charge in [0.05, 0.1) is 5.91 Å². The van der Waals surface area contributed by atoms with Crippen LogP contribution in [-0.2, 0) is 4.79 Å². The number of hydrogen-bond donors (Lipinski definition) is 1. The Bertz CT molecular complexity index is 601. The van der Waals surface area contributed by atoms with Crippen LogP contribution in [0.3, 0.4) is 0 Å². The molecule has 28 heavy (non-hydrogen) atoms. The van der Waals surface area contributed by atoms with Crippen LogP contribution in [-0.4, -0.2) is 5.91 Å². The molecule has 0 aliphatic carbocycles. The summed E-state index contributed by atoms with van der Waals surface area (Å²) in [5, 5.41) is 2.88. The number of nitrogens with one attached hydrogen (secondary N) is 1. The molecule has 0 saturated heterocycles. The summed E-state index contributed by atoms with van der Waals surface area (Å²) in [6, 6.07) is 15.9. The van der Waals surface area contributed by atoms with Crippen molar-refractivity contribution in [3.8, 4) is 0 Å². The maximum Gasteiger partial charge on any atom is 1.00 e. The van der Waals surface area contributed by atoms with Crippen molar-refractivity contribution in [3.05, 3.63) is 92.4 Å². The number of hydrogen-bond acceptors (Lipinski definition) is 1. The van der Waals surface area contributed by atoms with Crippen LogP contribution in [0.25, 0.3) is 0 Å². The van der Waals surface area contributed by atoms with E-state index in [1.165, 1.54) is 12.8 Å². The van der Waals surface area contributed by atoms with Gasteiger partial charge in [0.2, 0.25) is 0 Å². The van der Waals surface area contributed by atoms with Crippen molar-refractivity contribution >= 4 is 11.6 Å². The number of amides is 1. The summed E-state index contributed by atoms with van der Waals surface area (Å²) >= 11 is 0. The minimum absolute atomic E-state index is 0. The molecule has 0 aliphatic heterocycles. The normalized spacial score (nSPS) is 8.89. The van der Waals surface area contributed by atoms with Crippen LogP contribution in [0.15, 0.2) is 48.5 Å². The molecule has 1 amide bonds. The van der Waals surface area contributed by atoms with Gasteiger partial charge in [0.15, 0.2) is 0 Å². The fraction of sp³-hybridized carbons (Fsp3) is 0.320. The molecule has 0 fully saturated rings. The van der Waals surface area contributed by atoms with Crippen molar-refractivity contribution in [2.75, 3.05) is 5.32 Å². The summed E-state index contributed by atoms with van der Waals surface area (Å²) in [7, 11) is 0. The van der Waals surface area contributed by atoms with E-state index in [1.54, 1.807) is 6.42 Å². The molecule has 0 unspecified atom stereocenters. The van der Waals surface area contributed by atoms with Crippen molar-refractivity contribution < 1.29 is 23.7 Å². The zero-order valence-corrected chi connectivity index (χ0v) is 18.3. The number of carbonyl (C=O) groups is 1. The molecule has 0 bridgehead atoms. The first kappa shape index (κ1) is 28.5. The van der Waals surface area contributed by atoms with Gasteiger partial charge < -0.3 is 30.4 Å². The second-order valence-corrected chi connectivity index (χ2v) is 6.27. The van der Waals surface area contributed by atoms with E-state index < -0.39 is 0 Å². The molecule has 2 aromatic carbocycles. The number of rotatable bonds is 6. The third-order valence-electron chi connectivity index (χ3n) is 3.71. The Morgan fingerprint density at radius 2 is 1.43 bits per heavy atom. The number of para-hydroxylation sites is 1. The predicted octanol–water partition coefficient (Wildman–Crippen LogP) is 3.94. The van der Waals surface area contributed by atoms with Crippen LogP contribution in [0.4, 0.5) is 5.69 Å². The largest absolute Gasteiger partial charge is 1.00 e. The van der Waals surface area contributed by atoms with E-state index >= 15 is 0 Å². The number of unbranched alkanes of at least 4 members (excludes halogenated alkanes) is 3. The second-order valence-electron chi connectivity index (χ2n) is 6.27. The number of benzene rings is 2. The van der Waals surface area contributed by atoms with E-state index in [9.17, 15) is 4.79 Å². The molecule has 0 radical (unpaired) electrons. The third kappa shape index (κ3) is 14.3. The minimum atomic E-state index is -0.0232. The maximum atomic E-state index is 11.4. The van der Waals surface area contributed by atoms with Crippen molar-refractivity contribution in [1.29, 1.82) is 0 Å². The zero-order chi connectivity index (χ0) is 20.5. The van der Waals surface area contributed by atoms with Crippen molar-refractivity contribution in [2.24, 2.45) is 0 Å². The molecule has 0 atom stereocenters. The van der Waals surface area contributed by atoms with E-state index in [0.29, 0.717) is 0 Å². The molecule has 0 heterocycles. The van der Waals surface area contributed by atoms with Gasteiger partial charge in [0, 0.05) is 5.69 Å². The molecule has 0 saturated carbocycles. The molecular weight excluding hydrogens is 337 g/mol. The summed E-state index contributed by atoms with van der Waals surface area (Å²) in [6.07, 6.45) is 7.01. The van der Waals surface area contributed by atoms with Gasteiger partial charge in [-0.1, -0.05) is 44.0 Å². The Morgan fingerprint density at radius 3 is 1.79 bits per heavy atom. The fourth-order valence-electron chi connectivity index (χ4n) is 2.20. The average molecular weight is 373 g/mol. The van der Waals surface area contributed by atoms with Gasteiger partial charge in [-0.25, -0.2) is 0 Å². The van der Waals surface area contributed by atoms with E-state index in [1.807, 2.05) is 69.3 Å². The molecule has 150 valence electrons. The molecule has 0 aliphatic rings. The smallest absolute Gasteiger partial charge is 0.351 e. The Kier molecular flexibility index (Phi) is 18.9. The van der Waals surface area contributed by atoms with Crippen LogP contribution in [0, 0.1) is 41.0 Å². The van der Waals surface area contributed by atoms with Crippen LogP contribution in [0.2, 0.25) is 0 Å². The predicted molar refractivity (Wildman–Crippen MR) is 119 cm³/mol. The standard InChI is InChI=1S/C12H16NO.C7H7.C6H12.Li/c1-4-6-11(14)13-12-9(2)7-5-8-10(12)3;1-7-5-3-2-4-6-7;1-3-5-6-4-2;/h5-8H,4H2,1-3H3,(H,13,14);2-6H,1H2;1-6H2;/q2*-1;-2;+1. The SMILES string of the molecule is CC[CH-]C(=O)Nc1c(C)cccc1C.[CH2-]CCCC[CH2-].[CH2-]c1ccccc1.[Li+]. The van der Waals surface area contributed by atoms with Gasteiger partial charge >= 0.3 is 18.9 Å². The monoisotopic (exact) mass is 372 g/mol. The first-order valence-corrected chi connectivity index (χ1v) is 9.62. The van der Waals surface area contributed by atoms with Crippen molar-refractivity contribution in [3.63, 3.8) is 0 Å². The summed E-state index contributed by atoms with van der Waals surface area (Å²) < 4.78 is 0. The van der Waals surface area contributed by atoms with E-state index in [4.69, 9.17) is 0 Å². The van der Waals surface area contributed by atoms with Gasteiger partial charge in [0.1, 0.15) is 0 Å². The van der Waals surface area contributed by atoms with E-state index in [0.717, 1.165) is 41.6 Å². The minimum Gasteiger partial charge on any atom is -0.351 e. The van der Waals surface area contributed by atoms with Gasteiger partial charge in [0.25, 0.3) is 0 Å². The Hall–Kier alpha value is -1.75. The third-order valence-corrected chi connectivity index (χ3v) is 3.71. The van der Waals surface area contributed by atoms with Crippen molar-refractivity contribution in [1.82, 2.24) is 0 Å². The first-order valence-electron chi connectivity index (χ1n) is 9.62. The van der Waals surface area contributed by atoms with Gasteiger partial charge in [-0.3, -0.25) is 0 Å². The van der Waals surface area contributed by atoms with E-state index in [2.05, 4.69) is 26.1 Å². The van der Waals surface area contributed by atoms with E-state index in [-0.39, 0.29) is 24.8 Å². The number of carbonyl (C=O) groups excluding carboxylic acids is 1. The summed E-state index contributed by atoms with van der Waals surface area (Å²) in [5.41, 5.74) is 4.20. The molecule has 0 aromatic heterocycles. The molecule has 1 N–H and O–H groups in total. The average Bonchev–Trinajstić information content (AvgIpc) is 2.65. The molecule has 2 rings (SSSR count). The van der Waals surface area contributed by atoms with Gasteiger partial charge in [-0.2, -0.15) is 43.9 Å². The molecule has 2 aromatic rings. The molecule has 0 spiro atoms. The summed E-state index contributed by atoms with van der Waals surface area (Å²) in [4.78, 5) is 11.4. The Balaban J connectivity index is 0. The molecular formula is C25H35LiNO-3. The number of anilines is 1. The number of aryl methyl sites for hydroxylation is 2. The van der Waals surface area contributed by atoms with Gasteiger partial charge in [-0.15, -0.1) is 12.1 Å². The molecule has 3 heteroatoms. The summed E-state index contributed by atoms with van der Waals surface area (Å²) in [5.74, 6) is -0.0232. The van der Waals surface area contributed by atoms with Crippen LogP contribution in [0.5, 0.6) is 0 Å². The van der Waals surface area contributed by atoms with Crippen molar-refractivity contribution in [2.45, 2.75) is 52.9 Å². The Morgan fingerprint density at radius 1 is 0.929 bits per heavy atom. The van der Waals surface area contributed by atoms with Crippen LogP contribution < -0.4 is 24.2 Å². The van der Waals surface area contributed by atoms with Gasteiger partial charge in [-0.05, 0) is 25.0 Å². The van der Waals surface area contributed by atoms with Crippen LogP contribution in [0.1, 0.15) is 55.7 Å². The zero-order valence-electron chi connectivity index (χ0n) is 18.3. The fourth-order valence-corrected chi connectivity index (χ4v) is 2.20. The second kappa shape index (κ2) is 18.6. The maximum absolute atomic E-state index is 11.4. The molecule has 2 nitrogen and oxygen atoms in total. The topological polar surface area (TPSA) is 29.1 Å². The Labute approximate surface area is 185 Å². The first-order chi connectivity index (χ1) is 13.0. The summed E-state index contributed by atoms with van der Waals surface area (Å²) in [6.45, 7) is 17.0. The quantitative estimate of drug-likeness (QED) is 0.464. The van der Waals surface area contributed by atoms with Crippen LogP contribution >= 0.6 is 0 Å².